The van der Waals surface area contributed by atoms with Crippen LogP contribution in [0.3, 0.4) is 0 Å². The number of nitrogens with zero attached hydrogens (tertiary/aromatic N) is 2. The predicted octanol–water partition coefficient (Wildman–Crippen LogP) is 5.00. The van der Waals surface area contributed by atoms with Crippen molar-refractivity contribution in [2.45, 2.75) is 52.9 Å². The van der Waals surface area contributed by atoms with Gasteiger partial charge >= 0.3 is 0 Å². The van der Waals surface area contributed by atoms with Crippen molar-refractivity contribution >= 4 is 17.5 Å². The molecule has 0 aliphatic rings. The third-order valence-electron chi connectivity index (χ3n) is 4.15. The number of aromatic nitrogens is 2. The van der Waals surface area contributed by atoms with Gasteiger partial charge in [0.1, 0.15) is 5.75 Å². The summed E-state index contributed by atoms with van der Waals surface area (Å²) in [6.45, 7) is 6.02. The molecule has 0 radical (unpaired) electrons. The molecule has 0 unspecified atom stereocenters. The van der Waals surface area contributed by atoms with E-state index in [1.807, 2.05) is 26.0 Å². The van der Waals surface area contributed by atoms with E-state index in [4.69, 9.17) is 16.3 Å². The van der Waals surface area contributed by atoms with E-state index in [0.29, 0.717) is 10.8 Å². The Morgan fingerprint density at radius 3 is 2.67 bits per heavy atom. The first-order chi connectivity index (χ1) is 11.5. The van der Waals surface area contributed by atoms with E-state index in [1.165, 1.54) is 29.5 Å². The Balaban J connectivity index is 2.00. The zero-order valence-electron chi connectivity index (χ0n) is 14.6. The minimum Gasteiger partial charge on any atom is -0.482 e. The molecule has 2 aromatic rings. The van der Waals surface area contributed by atoms with Crippen molar-refractivity contribution in [2.24, 2.45) is 0 Å². The molecule has 2 rings (SSSR count). The number of unbranched alkanes of at least 4 members (excludes halogenated alkanes) is 3. The second-order valence-corrected chi connectivity index (χ2v) is 6.39. The topological polar surface area (TPSA) is 44.1 Å². The van der Waals surface area contributed by atoms with E-state index in [-0.39, 0.29) is 12.5 Å². The number of aryl methyl sites for hydroxylation is 1. The van der Waals surface area contributed by atoms with Crippen molar-refractivity contribution < 1.29 is 9.53 Å². The summed E-state index contributed by atoms with van der Waals surface area (Å²) >= 11 is 6.04. The van der Waals surface area contributed by atoms with Gasteiger partial charge in [0.05, 0.1) is 10.7 Å². The van der Waals surface area contributed by atoms with Crippen LogP contribution in [0.4, 0.5) is 0 Å². The van der Waals surface area contributed by atoms with Crippen molar-refractivity contribution in [3.63, 3.8) is 0 Å². The molecular formula is C19H25ClN2O2. The summed E-state index contributed by atoms with van der Waals surface area (Å²) in [5.74, 6) is 0.323. The number of hydrogen-bond acceptors (Lipinski definition) is 3. The SMILES string of the molecule is CCCCCCc1c(C)nn(C(=O)COc2ccccc2Cl)c1C. The molecule has 0 fully saturated rings. The molecule has 1 heterocycles. The standard InChI is InChI=1S/C19H25ClN2O2/c1-4-5-6-7-10-16-14(2)21-22(15(16)3)19(23)13-24-18-12-9-8-11-17(18)20/h8-9,11-12H,4-7,10,13H2,1-3H3. The molecule has 0 aliphatic heterocycles. The Labute approximate surface area is 148 Å². The van der Waals surface area contributed by atoms with Crippen LogP contribution in [0.5, 0.6) is 5.75 Å². The first kappa shape index (κ1) is 18.5. The maximum Gasteiger partial charge on any atom is 0.284 e. The van der Waals surface area contributed by atoms with Crippen LogP contribution < -0.4 is 4.74 Å². The number of carbonyl (C=O) groups excluding carboxylic acids is 1. The lowest BCUT2D eigenvalue weighted by molar-refractivity contribution is 0.0818. The Morgan fingerprint density at radius 2 is 1.96 bits per heavy atom. The predicted molar refractivity (Wildman–Crippen MR) is 97.1 cm³/mol. The van der Waals surface area contributed by atoms with Gasteiger partial charge in [-0.25, -0.2) is 4.68 Å². The summed E-state index contributed by atoms with van der Waals surface area (Å²) in [5, 5.41) is 4.89. The molecule has 130 valence electrons. The quantitative estimate of drug-likeness (QED) is 0.631. The highest BCUT2D eigenvalue weighted by molar-refractivity contribution is 6.32. The number of carbonyl (C=O) groups is 1. The van der Waals surface area contributed by atoms with E-state index >= 15 is 0 Å². The highest BCUT2D eigenvalue weighted by atomic mass is 35.5. The molecule has 0 amide bonds. The van der Waals surface area contributed by atoms with Gasteiger partial charge in [0.2, 0.25) is 0 Å². The molecule has 0 N–H and O–H groups in total. The fraction of sp³-hybridized carbons (Fsp3) is 0.474. The van der Waals surface area contributed by atoms with E-state index in [2.05, 4.69) is 12.0 Å². The van der Waals surface area contributed by atoms with Gasteiger partial charge in [0.15, 0.2) is 6.61 Å². The van der Waals surface area contributed by atoms with Gasteiger partial charge in [-0.15, -0.1) is 0 Å². The van der Waals surface area contributed by atoms with Gasteiger partial charge < -0.3 is 4.74 Å². The van der Waals surface area contributed by atoms with Crippen LogP contribution in [0.15, 0.2) is 24.3 Å². The van der Waals surface area contributed by atoms with Crippen molar-refractivity contribution in [1.82, 2.24) is 9.78 Å². The molecule has 0 saturated heterocycles. The molecule has 0 spiro atoms. The van der Waals surface area contributed by atoms with Crippen LogP contribution in [-0.4, -0.2) is 22.3 Å². The minimum absolute atomic E-state index is 0.0824. The summed E-state index contributed by atoms with van der Waals surface area (Å²) < 4.78 is 6.99. The zero-order valence-corrected chi connectivity index (χ0v) is 15.4. The Bertz CT molecular complexity index is 695. The second-order valence-electron chi connectivity index (χ2n) is 5.98. The summed E-state index contributed by atoms with van der Waals surface area (Å²) in [5.41, 5.74) is 3.02. The highest BCUT2D eigenvalue weighted by Gasteiger charge is 2.17. The largest absolute Gasteiger partial charge is 0.482 e. The molecule has 4 nitrogen and oxygen atoms in total. The maximum absolute atomic E-state index is 12.4. The summed E-state index contributed by atoms with van der Waals surface area (Å²) in [7, 11) is 0. The molecule has 1 aromatic carbocycles. The van der Waals surface area contributed by atoms with E-state index in [9.17, 15) is 4.79 Å². The number of benzene rings is 1. The highest BCUT2D eigenvalue weighted by Crippen LogP contribution is 2.23. The van der Waals surface area contributed by atoms with Gasteiger partial charge in [-0.3, -0.25) is 4.79 Å². The average molecular weight is 349 g/mol. The average Bonchev–Trinajstić information content (AvgIpc) is 2.85. The minimum atomic E-state index is -0.185. The normalized spacial score (nSPS) is 10.8. The van der Waals surface area contributed by atoms with Crippen LogP contribution in [0.2, 0.25) is 5.02 Å². The third-order valence-corrected chi connectivity index (χ3v) is 4.46. The first-order valence-corrected chi connectivity index (χ1v) is 8.88. The smallest absolute Gasteiger partial charge is 0.284 e. The van der Waals surface area contributed by atoms with Crippen LogP contribution in [0, 0.1) is 13.8 Å². The molecule has 1 aromatic heterocycles. The van der Waals surface area contributed by atoms with E-state index < -0.39 is 0 Å². The van der Waals surface area contributed by atoms with Crippen LogP contribution in [0.25, 0.3) is 0 Å². The Kier molecular flexibility index (Phi) is 6.85. The van der Waals surface area contributed by atoms with E-state index in [1.54, 1.807) is 12.1 Å². The summed E-state index contributed by atoms with van der Waals surface area (Å²) in [6.07, 6.45) is 5.78. The number of ether oxygens (including phenoxy) is 1. The van der Waals surface area contributed by atoms with Gasteiger partial charge in [-0.05, 0) is 44.4 Å². The number of para-hydroxylation sites is 1. The van der Waals surface area contributed by atoms with Crippen molar-refractivity contribution in [2.75, 3.05) is 6.61 Å². The van der Waals surface area contributed by atoms with Gasteiger partial charge in [-0.2, -0.15) is 5.10 Å². The molecule has 0 bridgehead atoms. The van der Waals surface area contributed by atoms with E-state index in [0.717, 1.165) is 24.2 Å². The van der Waals surface area contributed by atoms with Gasteiger partial charge in [0, 0.05) is 5.69 Å². The molecule has 24 heavy (non-hydrogen) atoms. The number of rotatable bonds is 8. The lowest BCUT2D eigenvalue weighted by Crippen LogP contribution is -2.21. The fourth-order valence-corrected chi connectivity index (χ4v) is 2.96. The first-order valence-electron chi connectivity index (χ1n) is 8.50. The van der Waals surface area contributed by atoms with Crippen molar-refractivity contribution in [1.29, 1.82) is 0 Å². The van der Waals surface area contributed by atoms with Crippen LogP contribution in [0.1, 0.15) is 54.4 Å². The number of hydrogen-bond donors (Lipinski definition) is 0. The van der Waals surface area contributed by atoms with Gasteiger partial charge in [0.25, 0.3) is 5.91 Å². The lowest BCUT2D eigenvalue weighted by Gasteiger charge is -2.08. The zero-order chi connectivity index (χ0) is 17.5. The number of halogens is 1. The third kappa shape index (κ3) is 4.60. The van der Waals surface area contributed by atoms with Crippen LogP contribution in [-0.2, 0) is 6.42 Å². The Hall–Kier alpha value is -1.81. The second kappa shape index (κ2) is 8.88. The van der Waals surface area contributed by atoms with Crippen LogP contribution >= 0.6 is 11.6 Å². The molecule has 5 heteroatoms. The molecule has 0 atom stereocenters. The molecule has 0 saturated carbocycles. The summed E-state index contributed by atoms with van der Waals surface area (Å²) in [4.78, 5) is 12.4. The lowest BCUT2D eigenvalue weighted by atomic mass is 10.0. The van der Waals surface area contributed by atoms with Crippen molar-refractivity contribution in [3.8, 4) is 5.75 Å². The fourth-order valence-electron chi connectivity index (χ4n) is 2.77. The van der Waals surface area contributed by atoms with Crippen molar-refractivity contribution in [3.05, 3.63) is 46.2 Å². The monoisotopic (exact) mass is 348 g/mol. The van der Waals surface area contributed by atoms with Gasteiger partial charge in [-0.1, -0.05) is 49.9 Å². The molecular weight excluding hydrogens is 324 g/mol. The Morgan fingerprint density at radius 1 is 1.21 bits per heavy atom. The molecule has 0 aliphatic carbocycles. The summed E-state index contributed by atoms with van der Waals surface area (Å²) in [6, 6.07) is 7.13. The maximum atomic E-state index is 12.4.